The standard InChI is InChI=1S/C18H15BrINO3/c1-2-21-15-8-5-12(19)9-14(15)18(24,17(21)23)10-16(22)11-3-6-13(20)7-4-11/h3-9,24H,2,10H2,1H3/t18-/m0/s1. The molecule has 3 rings (SSSR count). The van der Waals surface area contributed by atoms with E-state index in [1.807, 2.05) is 25.1 Å². The van der Waals surface area contributed by atoms with Crippen molar-refractivity contribution in [2.24, 2.45) is 0 Å². The molecule has 4 nitrogen and oxygen atoms in total. The number of nitrogens with zero attached hydrogens (tertiary/aromatic N) is 1. The zero-order chi connectivity index (χ0) is 17.5. The highest BCUT2D eigenvalue weighted by Gasteiger charge is 2.50. The molecular weight excluding hydrogens is 485 g/mol. The Balaban J connectivity index is 2.00. The van der Waals surface area contributed by atoms with E-state index in [-0.39, 0.29) is 12.2 Å². The van der Waals surface area contributed by atoms with Crippen LogP contribution < -0.4 is 4.90 Å². The number of hydrogen-bond donors (Lipinski definition) is 1. The molecule has 1 aliphatic heterocycles. The largest absolute Gasteiger partial charge is 0.375 e. The van der Waals surface area contributed by atoms with Gasteiger partial charge in [0.05, 0.1) is 12.1 Å². The van der Waals surface area contributed by atoms with E-state index in [0.717, 1.165) is 8.04 Å². The van der Waals surface area contributed by atoms with Gasteiger partial charge in [0.15, 0.2) is 11.4 Å². The zero-order valence-corrected chi connectivity index (χ0v) is 16.7. The highest BCUT2D eigenvalue weighted by Crippen LogP contribution is 2.43. The summed E-state index contributed by atoms with van der Waals surface area (Å²) in [5, 5.41) is 11.1. The van der Waals surface area contributed by atoms with E-state index in [0.29, 0.717) is 23.4 Å². The second-order valence-corrected chi connectivity index (χ2v) is 7.84. The van der Waals surface area contributed by atoms with Gasteiger partial charge in [-0.15, -0.1) is 0 Å². The molecule has 0 unspecified atom stereocenters. The zero-order valence-electron chi connectivity index (χ0n) is 12.9. The number of anilines is 1. The Morgan fingerprint density at radius 3 is 2.54 bits per heavy atom. The number of ketones is 1. The van der Waals surface area contributed by atoms with Crippen LogP contribution in [0.4, 0.5) is 5.69 Å². The van der Waals surface area contributed by atoms with Crippen molar-refractivity contribution in [1.82, 2.24) is 0 Å². The quantitative estimate of drug-likeness (QED) is 0.513. The van der Waals surface area contributed by atoms with Gasteiger partial charge in [0.2, 0.25) is 0 Å². The number of amides is 1. The van der Waals surface area contributed by atoms with Gasteiger partial charge in [0.1, 0.15) is 0 Å². The average Bonchev–Trinajstić information content (AvgIpc) is 2.76. The van der Waals surface area contributed by atoms with Gasteiger partial charge in [-0.05, 0) is 59.8 Å². The Labute approximate surface area is 162 Å². The third-order valence-electron chi connectivity index (χ3n) is 4.19. The van der Waals surface area contributed by atoms with Crippen LogP contribution in [0.25, 0.3) is 0 Å². The monoisotopic (exact) mass is 499 g/mol. The minimum absolute atomic E-state index is 0.258. The summed E-state index contributed by atoms with van der Waals surface area (Å²) in [5.41, 5.74) is -0.204. The van der Waals surface area contributed by atoms with Gasteiger partial charge in [-0.25, -0.2) is 0 Å². The van der Waals surface area contributed by atoms with Crippen LogP contribution in [0.15, 0.2) is 46.9 Å². The first-order valence-electron chi connectivity index (χ1n) is 7.50. The highest BCUT2D eigenvalue weighted by atomic mass is 127. The second kappa shape index (κ2) is 6.57. The maximum absolute atomic E-state index is 12.8. The number of carbonyl (C=O) groups excluding carboxylic acids is 2. The summed E-state index contributed by atoms with van der Waals surface area (Å²) in [4.78, 5) is 26.9. The minimum atomic E-state index is -1.82. The number of halogens is 2. The lowest BCUT2D eigenvalue weighted by atomic mass is 9.88. The number of rotatable bonds is 4. The van der Waals surface area contributed by atoms with Crippen LogP contribution in [-0.2, 0) is 10.4 Å². The van der Waals surface area contributed by atoms with Gasteiger partial charge in [-0.1, -0.05) is 28.1 Å². The molecule has 0 saturated heterocycles. The molecule has 0 bridgehead atoms. The first kappa shape index (κ1) is 17.6. The van der Waals surface area contributed by atoms with E-state index < -0.39 is 11.5 Å². The van der Waals surface area contributed by atoms with Crippen molar-refractivity contribution in [2.45, 2.75) is 18.9 Å². The average molecular weight is 500 g/mol. The number of likely N-dealkylation sites (N-methyl/N-ethyl adjacent to an activating group) is 1. The summed E-state index contributed by atoms with van der Waals surface area (Å²) in [6, 6.07) is 12.4. The third-order valence-corrected chi connectivity index (χ3v) is 5.41. The van der Waals surface area contributed by atoms with Crippen LogP contribution in [0.5, 0.6) is 0 Å². The Morgan fingerprint density at radius 2 is 1.92 bits per heavy atom. The molecular formula is C18H15BrINO3. The maximum atomic E-state index is 12.8. The smallest absolute Gasteiger partial charge is 0.264 e. The number of aliphatic hydroxyl groups is 1. The van der Waals surface area contributed by atoms with Crippen molar-refractivity contribution in [3.8, 4) is 0 Å². The van der Waals surface area contributed by atoms with Gasteiger partial charge < -0.3 is 10.0 Å². The summed E-state index contributed by atoms with van der Waals surface area (Å²) in [6.07, 6.45) is -0.271. The lowest BCUT2D eigenvalue weighted by molar-refractivity contribution is -0.135. The Hall–Kier alpha value is -1.25. The van der Waals surface area contributed by atoms with Gasteiger partial charge in [-0.2, -0.15) is 0 Å². The molecule has 0 radical (unpaired) electrons. The van der Waals surface area contributed by atoms with Crippen molar-refractivity contribution in [2.75, 3.05) is 11.4 Å². The number of fused-ring (bicyclic) bond motifs is 1. The van der Waals surface area contributed by atoms with Crippen LogP contribution in [0.3, 0.4) is 0 Å². The number of Topliss-reactive ketones (excluding diaryl/α,β-unsaturated/α-hetero) is 1. The van der Waals surface area contributed by atoms with E-state index in [4.69, 9.17) is 0 Å². The van der Waals surface area contributed by atoms with E-state index in [9.17, 15) is 14.7 Å². The topological polar surface area (TPSA) is 57.6 Å². The molecule has 2 aromatic carbocycles. The van der Waals surface area contributed by atoms with Crippen LogP contribution >= 0.6 is 38.5 Å². The van der Waals surface area contributed by atoms with E-state index in [2.05, 4.69) is 38.5 Å². The van der Waals surface area contributed by atoms with Crippen LogP contribution in [-0.4, -0.2) is 23.3 Å². The molecule has 24 heavy (non-hydrogen) atoms. The van der Waals surface area contributed by atoms with Crippen molar-refractivity contribution >= 4 is 55.9 Å². The van der Waals surface area contributed by atoms with E-state index >= 15 is 0 Å². The second-order valence-electron chi connectivity index (χ2n) is 5.68. The SMILES string of the molecule is CCN1C(=O)[C@](O)(CC(=O)c2ccc(I)cc2)c2cc(Br)ccc21. The Bertz CT molecular complexity index is 822. The van der Waals surface area contributed by atoms with Crippen LogP contribution in [0.1, 0.15) is 29.3 Å². The minimum Gasteiger partial charge on any atom is -0.375 e. The fourth-order valence-corrected chi connectivity index (χ4v) is 3.70. The van der Waals surface area contributed by atoms with E-state index in [1.165, 1.54) is 4.90 Å². The summed E-state index contributed by atoms with van der Waals surface area (Å²) in [7, 11) is 0. The van der Waals surface area contributed by atoms with Crippen LogP contribution in [0.2, 0.25) is 0 Å². The summed E-state index contributed by atoms with van der Waals surface area (Å²) in [5.74, 6) is -0.705. The first-order chi connectivity index (χ1) is 11.4. The van der Waals surface area contributed by atoms with Crippen LogP contribution in [0, 0.1) is 3.57 Å². The van der Waals surface area contributed by atoms with Crippen molar-refractivity contribution in [3.05, 3.63) is 61.6 Å². The molecule has 0 saturated carbocycles. The Kier molecular flexibility index (Phi) is 4.81. The molecule has 0 aromatic heterocycles. The fourth-order valence-electron chi connectivity index (χ4n) is 2.98. The predicted octanol–water partition coefficient (Wildman–Crippen LogP) is 3.88. The number of carbonyl (C=O) groups is 2. The molecule has 1 aliphatic rings. The molecule has 2 aromatic rings. The molecule has 0 spiro atoms. The summed E-state index contributed by atoms with van der Waals surface area (Å²) >= 11 is 5.53. The number of hydrogen-bond acceptors (Lipinski definition) is 3. The highest BCUT2D eigenvalue weighted by molar-refractivity contribution is 14.1. The maximum Gasteiger partial charge on any atom is 0.264 e. The van der Waals surface area contributed by atoms with Gasteiger partial charge in [0, 0.05) is 25.7 Å². The molecule has 6 heteroatoms. The molecule has 1 heterocycles. The first-order valence-corrected chi connectivity index (χ1v) is 9.37. The fraction of sp³-hybridized carbons (Fsp3) is 0.222. The number of benzene rings is 2. The van der Waals surface area contributed by atoms with E-state index in [1.54, 1.807) is 24.3 Å². The van der Waals surface area contributed by atoms with Crippen molar-refractivity contribution in [3.63, 3.8) is 0 Å². The normalized spacial score (nSPS) is 19.5. The predicted molar refractivity (Wildman–Crippen MR) is 104 cm³/mol. The molecule has 1 atom stereocenters. The lowest BCUT2D eigenvalue weighted by Gasteiger charge is -2.22. The summed E-state index contributed by atoms with van der Waals surface area (Å²) < 4.78 is 1.78. The summed E-state index contributed by atoms with van der Waals surface area (Å²) in [6.45, 7) is 2.28. The van der Waals surface area contributed by atoms with Gasteiger partial charge >= 0.3 is 0 Å². The van der Waals surface area contributed by atoms with Crippen molar-refractivity contribution < 1.29 is 14.7 Å². The van der Waals surface area contributed by atoms with Gasteiger partial charge in [-0.3, -0.25) is 9.59 Å². The molecule has 124 valence electrons. The molecule has 0 aliphatic carbocycles. The molecule has 0 fully saturated rings. The Morgan fingerprint density at radius 1 is 1.25 bits per heavy atom. The lowest BCUT2D eigenvalue weighted by Crippen LogP contribution is -2.41. The van der Waals surface area contributed by atoms with Crippen molar-refractivity contribution in [1.29, 1.82) is 0 Å². The van der Waals surface area contributed by atoms with Gasteiger partial charge in [0.25, 0.3) is 5.91 Å². The third kappa shape index (κ3) is 2.91. The molecule has 1 N–H and O–H groups in total. The molecule has 1 amide bonds.